The number of allylic oxidation sites excluding steroid dienone is 2. The SMILES string of the molecule is COC(=O)C1=C(C(=O)OC)N(c2ccc(C(C)=O)cc2Br)C=CC=C1. The summed E-state index contributed by atoms with van der Waals surface area (Å²) in [7, 11) is 2.47. The molecular formula is C18H16BrNO5. The average molecular weight is 406 g/mol. The van der Waals surface area contributed by atoms with Crippen LogP contribution < -0.4 is 4.90 Å². The van der Waals surface area contributed by atoms with Gasteiger partial charge in [-0.05, 0) is 53.2 Å². The van der Waals surface area contributed by atoms with Crippen LogP contribution in [0.2, 0.25) is 0 Å². The van der Waals surface area contributed by atoms with Gasteiger partial charge in [-0.25, -0.2) is 9.59 Å². The van der Waals surface area contributed by atoms with Gasteiger partial charge in [0.1, 0.15) is 5.70 Å². The van der Waals surface area contributed by atoms with Gasteiger partial charge in [-0.1, -0.05) is 6.08 Å². The molecule has 1 heterocycles. The van der Waals surface area contributed by atoms with Gasteiger partial charge in [-0.3, -0.25) is 4.79 Å². The number of methoxy groups -OCH3 is 2. The lowest BCUT2D eigenvalue weighted by Crippen LogP contribution is -2.27. The predicted molar refractivity (Wildman–Crippen MR) is 96.0 cm³/mol. The zero-order valence-electron chi connectivity index (χ0n) is 13.9. The minimum absolute atomic E-state index is 0.00984. The fourth-order valence-corrected chi connectivity index (χ4v) is 2.84. The number of hydrogen-bond donors (Lipinski definition) is 0. The summed E-state index contributed by atoms with van der Waals surface area (Å²) in [5, 5.41) is 0. The minimum Gasteiger partial charge on any atom is -0.465 e. The van der Waals surface area contributed by atoms with Gasteiger partial charge in [0.25, 0.3) is 0 Å². The summed E-state index contributed by atoms with van der Waals surface area (Å²) < 4.78 is 10.2. The summed E-state index contributed by atoms with van der Waals surface area (Å²) in [6, 6.07) is 4.96. The zero-order chi connectivity index (χ0) is 18.6. The molecule has 0 bridgehead atoms. The van der Waals surface area contributed by atoms with E-state index in [1.165, 1.54) is 32.1 Å². The fraction of sp³-hybridized carbons (Fsp3) is 0.167. The third kappa shape index (κ3) is 3.88. The first-order chi connectivity index (χ1) is 11.9. The Hall–Kier alpha value is -2.67. The highest BCUT2D eigenvalue weighted by Crippen LogP contribution is 2.33. The number of hydrogen-bond acceptors (Lipinski definition) is 6. The maximum absolute atomic E-state index is 12.4. The third-order valence-corrected chi connectivity index (χ3v) is 4.14. The molecule has 1 aliphatic rings. The number of nitrogens with zero attached hydrogens (tertiary/aromatic N) is 1. The van der Waals surface area contributed by atoms with E-state index in [1.807, 2.05) is 0 Å². The molecule has 1 aliphatic heterocycles. The Bertz CT molecular complexity index is 823. The van der Waals surface area contributed by atoms with Gasteiger partial charge in [0, 0.05) is 16.2 Å². The third-order valence-electron chi connectivity index (χ3n) is 3.50. The van der Waals surface area contributed by atoms with Gasteiger partial charge in [0.2, 0.25) is 0 Å². The molecule has 0 spiro atoms. The summed E-state index contributed by atoms with van der Waals surface area (Å²) >= 11 is 3.41. The van der Waals surface area contributed by atoms with Crippen molar-refractivity contribution in [2.75, 3.05) is 19.1 Å². The number of esters is 2. The van der Waals surface area contributed by atoms with Gasteiger partial charge in [-0.2, -0.15) is 0 Å². The van der Waals surface area contributed by atoms with E-state index >= 15 is 0 Å². The molecule has 25 heavy (non-hydrogen) atoms. The first kappa shape index (κ1) is 18.7. The number of halogens is 1. The molecule has 0 atom stereocenters. The first-order valence-corrected chi connectivity index (χ1v) is 8.05. The minimum atomic E-state index is -0.695. The molecule has 1 aromatic rings. The van der Waals surface area contributed by atoms with Crippen LogP contribution >= 0.6 is 15.9 Å². The van der Waals surface area contributed by atoms with Crippen molar-refractivity contribution in [2.24, 2.45) is 0 Å². The normalized spacial score (nSPS) is 13.5. The molecule has 0 saturated carbocycles. The van der Waals surface area contributed by atoms with Gasteiger partial charge in [0.05, 0.1) is 25.5 Å². The monoisotopic (exact) mass is 405 g/mol. The second-order valence-electron chi connectivity index (χ2n) is 5.04. The molecule has 130 valence electrons. The number of anilines is 1. The molecule has 0 fully saturated rings. The lowest BCUT2D eigenvalue weighted by atomic mass is 10.1. The second-order valence-corrected chi connectivity index (χ2v) is 5.89. The first-order valence-electron chi connectivity index (χ1n) is 7.26. The molecule has 6 nitrogen and oxygen atoms in total. The Labute approximate surface area is 153 Å². The number of carbonyl (C=O) groups is 3. The molecule has 0 N–H and O–H groups in total. The van der Waals surface area contributed by atoms with Crippen molar-refractivity contribution in [3.63, 3.8) is 0 Å². The second kappa shape index (κ2) is 7.94. The summed E-state index contributed by atoms with van der Waals surface area (Å²) in [6.07, 6.45) is 6.38. The van der Waals surface area contributed by atoms with Crippen LogP contribution in [0.15, 0.2) is 58.4 Å². The molecule has 7 heteroatoms. The van der Waals surface area contributed by atoms with Crippen LogP contribution in [0, 0.1) is 0 Å². The van der Waals surface area contributed by atoms with Gasteiger partial charge in [0.15, 0.2) is 5.78 Å². The molecule has 0 aromatic heterocycles. The topological polar surface area (TPSA) is 72.9 Å². The molecule has 0 radical (unpaired) electrons. The van der Waals surface area contributed by atoms with E-state index in [9.17, 15) is 14.4 Å². The molecule has 1 aromatic carbocycles. The predicted octanol–water partition coefficient (Wildman–Crippen LogP) is 3.14. The van der Waals surface area contributed by atoms with E-state index in [0.717, 1.165) is 0 Å². The largest absolute Gasteiger partial charge is 0.465 e. The lowest BCUT2D eigenvalue weighted by Gasteiger charge is -2.24. The zero-order valence-corrected chi connectivity index (χ0v) is 15.5. The fourth-order valence-electron chi connectivity index (χ4n) is 2.27. The number of ketones is 1. The average Bonchev–Trinajstić information content (AvgIpc) is 2.82. The maximum Gasteiger partial charge on any atom is 0.355 e. The van der Waals surface area contributed by atoms with Crippen molar-refractivity contribution < 1.29 is 23.9 Å². The Morgan fingerprint density at radius 3 is 2.28 bits per heavy atom. The van der Waals surface area contributed by atoms with Gasteiger partial charge in [-0.15, -0.1) is 0 Å². The standard InChI is InChI=1S/C18H16BrNO5/c1-11(21)12-7-8-15(14(19)10-12)20-9-5-4-6-13(17(22)24-2)16(20)18(23)25-3/h4-10H,1-3H3. The van der Waals surface area contributed by atoms with E-state index < -0.39 is 11.9 Å². The maximum atomic E-state index is 12.4. The Kier molecular flexibility index (Phi) is 5.93. The quantitative estimate of drug-likeness (QED) is 0.565. The summed E-state index contributed by atoms with van der Waals surface area (Å²) in [6.45, 7) is 1.46. The smallest absolute Gasteiger partial charge is 0.355 e. The molecule has 0 amide bonds. The van der Waals surface area contributed by atoms with Crippen LogP contribution in [-0.2, 0) is 19.1 Å². The van der Waals surface area contributed by atoms with E-state index in [2.05, 4.69) is 15.9 Å². The molecule has 0 aliphatic carbocycles. The Morgan fingerprint density at radius 2 is 1.72 bits per heavy atom. The molecule has 0 saturated heterocycles. The van der Waals surface area contributed by atoms with E-state index in [1.54, 1.807) is 36.6 Å². The lowest BCUT2D eigenvalue weighted by molar-refractivity contribution is -0.139. The van der Waals surface area contributed by atoms with Crippen LogP contribution in [0.25, 0.3) is 0 Å². The van der Waals surface area contributed by atoms with Crippen LogP contribution in [-0.4, -0.2) is 31.9 Å². The van der Waals surface area contributed by atoms with Gasteiger partial charge >= 0.3 is 11.9 Å². The van der Waals surface area contributed by atoms with E-state index in [4.69, 9.17) is 9.47 Å². The van der Waals surface area contributed by atoms with Crippen LogP contribution in [0.4, 0.5) is 5.69 Å². The van der Waals surface area contributed by atoms with Crippen molar-refractivity contribution in [1.29, 1.82) is 0 Å². The number of Topliss-reactive ketones (excluding diaryl/α,β-unsaturated/α-hetero) is 1. The molecular weight excluding hydrogens is 390 g/mol. The van der Waals surface area contributed by atoms with Gasteiger partial charge < -0.3 is 14.4 Å². The summed E-state index contributed by atoms with van der Waals surface area (Å²) in [5.74, 6) is -1.44. The van der Waals surface area contributed by atoms with Crippen molar-refractivity contribution in [2.45, 2.75) is 6.92 Å². The number of benzene rings is 1. The molecule has 2 rings (SSSR count). The number of ether oxygens (including phenoxy) is 2. The van der Waals surface area contributed by atoms with Crippen LogP contribution in [0.1, 0.15) is 17.3 Å². The van der Waals surface area contributed by atoms with E-state index in [-0.39, 0.29) is 17.1 Å². The van der Waals surface area contributed by atoms with E-state index in [0.29, 0.717) is 15.7 Å². The van der Waals surface area contributed by atoms with Crippen molar-refractivity contribution >= 4 is 39.3 Å². The highest BCUT2D eigenvalue weighted by molar-refractivity contribution is 9.10. The summed E-state index contributed by atoms with van der Waals surface area (Å²) in [4.78, 5) is 37.5. The number of carbonyl (C=O) groups excluding carboxylic acids is 3. The highest BCUT2D eigenvalue weighted by Gasteiger charge is 2.28. The number of rotatable bonds is 4. The van der Waals surface area contributed by atoms with Crippen molar-refractivity contribution in [3.8, 4) is 0 Å². The Morgan fingerprint density at radius 1 is 1.04 bits per heavy atom. The van der Waals surface area contributed by atoms with Crippen LogP contribution in [0.5, 0.6) is 0 Å². The van der Waals surface area contributed by atoms with Crippen molar-refractivity contribution in [3.05, 3.63) is 63.9 Å². The molecule has 0 unspecified atom stereocenters. The highest BCUT2D eigenvalue weighted by atomic mass is 79.9. The Balaban J connectivity index is 2.67. The summed E-state index contributed by atoms with van der Waals surface area (Å²) in [5.41, 5.74) is 1.15. The van der Waals surface area contributed by atoms with Crippen molar-refractivity contribution in [1.82, 2.24) is 0 Å². The van der Waals surface area contributed by atoms with Crippen LogP contribution in [0.3, 0.4) is 0 Å².